The van der Waals surface area contributed by atoms with Crippen LogP contribution in [0.3, 0.4) is 0 Å². The van der Waals surface area contributed by atoms with Crippen LogP contribution >= 0.6 is 0 Å². The van der Waals surface area contributed by atoms with Crippen molar-refractivity contribution in [2.45, 2.75) is 32.7 Å². The highest BCUT2D eigenvalue weighted by molar-refractivity contribution is 5.98. The summed E-state index contributed by atoms with van der Waals surface area (Å²) in [5, 5.41) is 0. The molecule has 0 saturated carbocycles. The minimum Gasteiger partial charge on any atom is -0.333 e. The number of likely N-dealkylation sites (tertiary alicyclic amines) is 1. The Kier molecular flexibility index (Phi) is 4.85. The maximum Gasteiger partial charge on any atom is 0.273 e. The average molecular weight is 325 g/mol. The Hall–Kier alpha value is -2.34. The van der Waals surface area contributed by atoms with Gasteiger partial charge in [-0.2, -0.15) is 0 Å². The average Bonchev–Trinajstić information content (AvgIpc) is 2.61. The Morgan fingerprint density at radius 2 is 2.04 bits per heavy atom. The third kappa shape index (κ3) is 3.28. The smallest absolute Gasteiger partial charge is 0.273 e. The van der Waals surface area contributed by atoms with Crippen molar-refractivity contribution in [3.8, 4) is 11.4 Å². The number of aryl methyl sites for hydroxylation is 1. The Morgan fingerprint density at radius 1 is 1.29 bits per heavy atom. The van der Waals surface area contributed by atoms with E-state index in [-0.39, 0.29) is 11.9 Å². The number of aromatic nitrogens is 3. The summed E-state index contributed by atoms with van der Waals surface area (Å²) < 4.78 is 0. The van der Waals surface area contributed by atoms with Gasteiger partial charge in [0.05, 0.1) is 5.56 Å². The first kappa shape index (κ1) is 16.5. The number of hydrogen-bond acceptors (Lipinski definition) is 5. The van der Waals surface area contributed by atoms with Gasteiger partial charge in [-0.25, -0.2) is 15.0 Å². The highest BCUT2D eigenvalue weighted by atomic mass is 16.2. The lowest BCUT2D eigenvalue weighted by Crippen LogP contribution is -2.50. The number of carbonyl (C=O) groups excluding carboxylic acids is 1. The van der Waals surface area contributed by atoms with E-state index < -0.39 is 0 Å². The van der Waals surface area contributed by atoms with E-state index in [2.05, 4.69) is 21.9 Å². The summed E-state index contributed by atoms with van der Waals surface area (Å²) in [4.78, 5) is 28.1. The van der Waals surface area contributed by atoms with Crippen LogP contribution < -0.4 is 5.73 Å². The molecule has 1 fully saturated rings. The number of amides is 1. The van der Waals surface area contributed by atoms with Gasteiger partial charge in [0.2, 0.25) is 0 Å². The summed E-state index contributed by atoms with van der Waals surface area (Å²) in [6.07, 6.45) is 5.37. The first-order valence-electron chi connectivity index (χ1n) is 8.36. The lowest BCUT2D eigenvalue weighted by Gasteiger charge is -2.38. The SMILES string of the molecule is Cc1ccc(-c2ncccn2)c(C(=O)N2C[C@H](C)CCC2CN)n1. The van der Waals surface area contributed by atoms with Crippen molar-refractivity contribution in [1.29, 1.82) is 0 Å². The molecule has 2 aromatic rings. The molecule has 0 spiro atoms. The van der Waals surface area contributed by atoms with Crippen LogP contribution in [0.2, 0.25) is 0 Å². The number of carbonyl (C=O) groups is 1. The third-order valence-corrected chi connectivity index (χ3v) is 4.52. The summed E-state index contributed by atoms with van der Waals surface area (Å²) in [5.41, 5.74) is 7.77. The molecule has 2 atom stereocenters. The molecule has 3 heterocycles. The van der Waals surface area contributed by atoms with Crippen molar-refractivity contribution < 1.29 is 4.79 Å². The van der Waals surface area contributed by atoms with Crippen LogP contribution in [-0.4, -0.2) is 44.9 Å². The van der Waals surface area contributed by atoms with E-state index in [1.807, 2.05) is 24.0 Å². The van der Waals surface area contributed by atoms with Crippen molar-refractivity contribution in [3.05, 3.63) is 42.0 Å². The summed E-state index contributed by atoms with van der Waals surface area (Å²) >= 11 is 0. The fourth-order valence-electron chi connectivity index (χ4n) is 3.18. The van der Waals surface area contributed by atoms with E-state index in [1.165, 1.54) is 0 Å². The standard InChI is InChI=1S/C18H23N5O/c1-12-4-6-14(10-19)23(11-12)18(24)16-15(7-5-13(2)22-16)17-20-8-3-9-21-17/h3,5,7-9,12,14H,4,6,10-11,19H2,1-2H3/t12-,14?/m1/s1. The number of pyridine rings is 1. The fourth-order valence-corrected chi connectivity index (χ4v) is 3.18. The maximum absolute atomic E-state index is 13.2. The van der Waals surface area contributed by atoms with E-state index in [9.17, 15) is 4.79 Å². The van der Waals surface area contributed by atoms with Crippen LogP contribution in [0.15, 0.2) is 30.6 Å². The van der Waals surface area contributed by atoms with Gasteiger partial charge < -0.3 is 10.6 Å². The lowest BCUT2D eigenvalue weighted by atomic mass is 9.93. The van der Waals surface area contributed by atoms with Crippen molar-refractivity contribution in [2.24, 2.45) is 11.7 Å². The van der Waals surface area contributed by atoms with E-state index in [0.29, 0.717) is 36.1 Å². The first-order chi connectivity index (χ1) is 11.6. The Balaban J connectivity index is 2.01. The fraction of sp³-hybridized carbons (Fsp3) is 0.444. The normalized spacial score (nSPS) is 20.9. The molecule has 0 aromatic carbocycles. The second-order valence-electron chi connectivity index (χ2n) is 6.45. The van der Waals surface area contributed by atoms with Crippen molar-refractivity contribution in [1.82, 2.24) is 19.9 Å². The van der Waals surface area contributed by atoms with Crippen LogP contribution in [0.5, 0.6) is 0 Å². The minimum absolute atomic E-state index is 0.0700. The maximum atomic E-state index is 13.2. The summed E-state index contributed by atoms with van der Waals surface area (Å²) in [7, 11) is 0. The van der Waals surface area contributed by atoms with Gasteiger partial charge in [-0.05, 0) is 43.9 Å². The molecule has 6 heteroatoms. The largest absolute Gasteiger partial charge is 0.333 e. The Labute approximate surface area is 142 Å². The van der Waals surface area contributed by atoms with E-state index in [4.69, 9.17) is 5.73 Å². The predicted octanol–water partition coefficient (Wildman–Crippen LogP) is 2.05. The number of piperidine rings is 1. The van der Waals surface area contributed by atoms with Gasteiger partial charge in [-0.3, -0.25) is 4.79 Å². The minimum atomic E-state index is -0.0804. The van der Waals surface area contributed by atoms with Crippen molar-refractivity contribution >= 4 is 5.91 Å². The zero-order chi connectivity index (χ0) is 17.1. The highest BCUT2D eigenvalue weighted by Gasteiger charge is 2.32. The van der Waals surface area contributed by atoms with Gasteiger partial charge in [0.1, 0.15) is 5.69 Å². The summed E-state index contributed by atoms with van der Waals surface area (Å²) in [5.74, 6) is 0.906. The number of hydrogen-bond donors (Lipinski definition) is 1. The molecule has 2 N–H and O–H groups in total. The second kappa shape index (κ2) is 7.05. The zero-order valence-corrected chi connectivity index (χ0v) is 14.1. The molecule has 2 aromatic heterocycles. The molecular formula is C18H23N5O. The molecule has 1 saturated heterocycles. The van der Waals surface area contributed by atoms with Crippen molar-refractivity contribution in [3.63, 3.8) is 0 Å². The highest BCUT2D eigenvalue weighted by Crippen LogP contribution is 2.26. The van der Waals surface area contributed by atoms with Gasteiger partial charge in [0.15, 0.2) is 5.82 Å². The summed E-state index contributed by atoms with van der Waals surface area (Å²) in [6.45, 7) is 5.23. The molecule has 3 rings (SSSR count). The van der Waals surface area contributed by atoms with Crippen LogP contribution in [0.25, 0.3) is 11.4 Å². The Morgan fingerprint density at radius 3 is 2.75 bits per heavy atom. The molecule has 1 aliphatic rings. The number of nitrogens with zero attached hydrogens (tertiary/aromatic N) is 4. The second-order valence-corrected chi connectivity index (χ2v) is 6.45. The third-order valence-electron chi connectivity index (χ3n) is 4.52. The molecule has 0 radical (unpaired) electrons. The molecular weight excluding hydrogens is 302 g/mol. The van der Waals surface area contributed by atoms with Crippen LogP contribution in [-0.2, 0) is 0 Å². The molecule has 6 nitrogen and oxygen atoms in total. The molecule has 126 valence electrons. The quantitative estimate of drug-likeness (QED) is 0.933. The Bertz CT molecular complexity index is 719. The molecule has 1 amide bonds. The lowest BCUT2D eigenvalue weighted by molar-refractivity contribution is 0.0554. The van der Waals surface area contributed by atoms with Crippen LogP contribution in [0.4, 0.5) is 0 Å². The zero-order valence-electron chi connectivity index (χ0n) is 14.1. The molecule has 1 aliphatic heterocycles. The molecule has 0 bridgehead atoms. The summed E-state index contributed by atoms with van der Waals surface area (Å²) in [6, 6.07) is 5.57. The molecule has 24 heavy (non-hydrogen) atoms. The van der Waals surface area contributed by atoms with Gasteiger partial charge in [-0.15, -0.1) is 0 Å². The van der Waals surface area contributed by atoms with E-state index >= 15 is 0 Å². The number of nitrogens with two attached hydrogens (primary N) is 1. The van der Waals surface area contributed by atoms with Gasteiger partial charge in [0, 0.05) is 37.2 Å². The first-order valence-corrected chi connectivity index (χ1v) is 8.36. The number of rotatable bonds is 3. The van der Waals surface area contributed by atoms with Gasteiger partial charge >= 0.3 is 0 Å². The van der Waals surface area contributed by atoms with Crippen LogP contribution in [0.1, 0.15) is 35.9 Å². The molecule has 0 aliphatic carbocycles. The predicted molar refractivity (Wildman–Crippen MR) is 92.3 cm³/mol. The van der Waals surface area contributed by atoms with Gasteiger partial charge in [-0.1, -0.05) is 6.92 Å². The van der Waals surface area contributed by atoms with E-state index in [0.717, 1.165) is 18.5 Å². The van der Waals surface area contributed by atoms with Crippen molar-refractivity contribution in [2.75, 3.05) is 13.1 Å². The monoisotopic (exact) mass is 325 g/mol. The van der Waals surface area contributed by atoms with Crippen LogP contribution in [0, 0.1) is 12.8 Å². The van der Waals surface area contributed by atoms with Gasteiger partial charge in [0.25, 0.3) is 5.91 Å². The van der Waals surface area contributed by atoms with E-state index in [1.54, 1.807) is 18.5 Å². The molecule has 1 unspecified atom stereocenters. The topological polar surface area (TPSA) is 85.0 Å².